The highest BCUT2D eigenvalue weighted by atomic mass is 32.2. The number of hydrogen-bond acceptors (Lipinski definition) is 4. The molecule has 26 heavy (non-hydrogen) atoms. The van der Waals surface area contributed by atoms with Crippen LogP contribution in [0.2, 0.25) is 18.1 Å². The van der Waals surface area contributed by atoms with Crippen LogP contribution in [0.3, 0.4) is 0 Å². The van der Waals surface area contributed by atoms with Crippen molar-refractivity contribution in [3.8, 4) is 0 Å². The van der Waals surface area contributed by atoms with Crippen LogP contribution >= 0.6 is 0 Å². The lowest BCUT2D eigenvalue weighted by Crippen LogP contribution is -2.41. The van der Waals surface area contributed by atoms with E-state index in [9.17, 15) is 21.6 Å². The summed E-state index contributed by atoms with van der Waals surface area (Å²) in [5.74, 6) is -0.409. The van der Waals surface area contributed by atoms with E-state index in [1.54, 1.807) is 6.92 Å². The van der Waals surface area contributed by atoms with Crippen LogP contribution in [0.15, 0.2) is 11.3 Å². The van der Waals surface area contributed by atoms with Gasteiger partial charge in [-0.1, -0.05) is 27.7 Å². The molecule has 0 N–H and O–H groups in total. The number of allylic oxidation sites excluding steroid dienone is 2. The van der Waals surface area contributed by atoms with Gasteiger partial charge in [-0.25, -0.2) is 0 Å². The Hall–Kier alpha value is -0.543. The fourth-order valence-corrected chi connectivity index (χ4v) is 4.36. The Balaban J connectivity index is 2.76. The van der Waals surface area contributed by atoms with E-state index in [4.69, 9.17) is 4.43 Å². The smallest absolute Gasteiger partial charge is 0.417 e. The largest absolute Gasteiger partial charge is 0.534 e. The first-order valence-corrected chi connectivity index (χ1v) is 13.2. The minimum atomic E-state index is -5.63. The van der Waals surface area contributed by atoms with E-state index in [1.165, 1.54) is 0 Å². The SMILES string of the molecule is CC1=C(OS(=O)(=O)C(F)(F)F)[C@@H]([C@@H](C)CCO[Si](C)(C)C(C)(C)C)CC1. The first kappa shape index (κ1) is 23.5. The minimum absolute atomic E-state index is 0.0318. The van der Waals surface area contributed by atoms with Gasteiger partial charge in [0.15, 0.2) is 8.32 Å². The van der Waals surface area contributed by atoms with Crippen molar-refractivity contribution in [2.24, 2.45) is 11.8 Å². The first-order valence-electron chi connectivity index (χ1n) is 8.84. The highest BCUT2D eigenvalue weighted by Gasteiger charge is 2.50. The third kappa shape index (κ3) is 5.48. The Bertz CT molecular complexity index is 633. The van der Waals surface area contributed by atoms with Gasteiger partial charge in [0.1, 0.15) is 5.76 Å². The predicted molar refractivity (Wildman–Crippen MR) is 98.4 cm³/mol. The van der Waals surface area contributed by atoms with Crippen molar-refractivity contribution >= 4 is 18.4 Å². The van der Waals surface area contributed by atoms with Gasteiger partial charge < -0.3 is 8.61 Å². The van der Waals surface area contributed by atoms with Crippen LogP contribution in [-0.2, 0) is 18.7 Å². The number of rotatable bonds is 7. The molecule has 0 aromatic rings. The Labute approximate surface area is 156 Å². The third-order valence-corrected chi connectivity index (χ3v) is 11.1. The summed E-state index contributed by atoms with van der Waals surface area (Å²) in [6.45, 7) is 14.7. The zero-order valence-electron chi connectivity index (χ0n) is 16.7. The molecule has 154 valence electrons. The molecule has 1 rings (SSSR count). The number of halogens is 3. The maximum Gasteiger partial charge on any atom is 0.534 e. The summed E-state index contributed by atoms with van der Waals surface area (Å²) in [6, 6.07) is 0. The molecule has 0 radical (unpaired) electrons. The van der Waals surface area contributed by atoms with Gasteiger partial charge in [-0.15, -0.1) is 0 Å². The fourth-order valence-electron chi connectivity index (χ4n) is 2.70. The van der Waals surface area contributed by atoms with Crippen molar-refractivity contribution in [1.29, 1.82) is 0 Å². The van der Waals surface area contributed by atoms with E-state index < -0.39 is 23.9 Å². The molecule has 4 nitrogen and oxygen atoms in total. The van der Waals surface area contributed by atoms with Gasteiger partial charge in [0.25, 0.3) is 0 Å². The second-order valence-electron chi connectivity index (χ2n) is 8.65. The van der Waals surface area contributed by atoms with Crippen molar-refractivity contribution in [3.05, 3.63) is 11.3 Å². The normalized spacial score (nSPS) is 21.2. The lowest BCUT2D eigenvalue weighted by molar-refractivity contribution is -0.0528. The van der Waals surface area contributed by atoms with E-state index in [0.29, 0.717) is 31.4 Å². The molecule has 0 bridgehead atoms. The molecule has 9 heteroatoms. The fraction of sp³-hybridized carbons (Fsp3) is 0.882. The van der Waals surface area contributed by atoms with E-state index in [2.05, 4.69) is 38.0 Å². The highest BCUT2D eigenvalue weighted by Crippen LogP contribution is 2.42. The van der Waals surface area contributed by atoms with Crippen LogP contribution in [0.5, 0.6) is 0 Å². The lowest BCUT2D eigenvalue weighted by Gasteiger charge is -2.36. The zero-order chi connectivity index (χ0) is 20.6. The van der Waals surface area contributed by atoms with Gasteiger partial charge >= 0.3 is 15.6 Å². The molecule has 0 fully saturated rings. The van der Waals surface area contributed by atoms with Gasteiger partial charge in [-0.05, 0) is 55.8 Å². The molecule has 0 aromatic heterocycles. The summed E-state index contributed by atoms with van der Waals surface area (Å²) in [5, 5.41) is 0.0785. The zero-order valence-corrected chi connectivity index (χ0v) is 18.5. The summed E-state index contributed by atoms with van der Waals surface area (Å²) < 4.78 is 71.3. The van der Waals surface area contributed by atoms with Crippen LogP contribution in [-0.4, -0.2) is 28.9 Å². The molecule has 0 aromatic carbocycles. The average Bonchev–Trinajstić information content (AvgIpc) is 2.77. The average molecular weight is 417 g/mol. The molecular weight excluding hydrogens is 385 g/mol. The van der Waals surface area contributed by atoms with Gasteiger partial charge in [-0.3, -0.25) is 0 Å². The highest BCUT2D eigenvalue weighted by molar-refractivity contribution is 7.87. The molecule has 0 amide bonds. The van der Waals surface area contributed by atoms with Gasteiger partial charge in [-0.2, -0.15) is 21.6 Å². The molecule has 0 aliphatic heterocycles. The summed E-state index contributed by atoms with van der Waals surface area (Å²) in [4.78, 5) is 0. The van der Waals surface area contributed by atoms with Gasteiger partial charge in [0.05, 0.1) is 0 Å². The molecule has 0 saturated heterocycles. The molecule has 0 unspecified atom stereocenters. The van der Waals surface area contributed by atoms with E-state index in [1.807, 2.05) is 6.92 Å². The van der Waals surface area contributed by atoms with Crippen molar-refractivity contribution in [3.63, 3.8) is 0 Å². The molecule has 0 heterocycles. The lowest BCUT2D eigenvalue weighted by atomic mass is 9.90. The van der Waals surface area contributed by atoms with Crippen molar-refractivity contribution in [2.75, 3.05) is 6.61 Å². The molecular formula is C17H31F3O4SSi. The summed E-state index contributed by atoms with van der Waals surface area (Å²) in [5.41, 5.74) is -4.85. The maximum absolute atomic E-state index is 12.6. The minimum Gasteiger partial charge on any atom is -0.417 e. The Morgan fingerprint density at radius 2 is 1.77 bits per heavy atom. The van der Waals surface area contributed by atoms with Crippen molar-refractivity contribution in [2.45, 2.75) is 77.5 Å². The Morgan fingerprint density at radius 1 is 1.23 bits per heavy atom. The number of hydrogen-bond donors (Lipinski definition) is 0. The van der Waals surface area contributed by atoms with E-state index >= 15 is 0 Å². The van der Waals surface area contributed by atoms with Crippen LogP contribution < -0.4 is 0 Å². The summed E-state index contributed by atoms with van der Waals surface area (Å²) in [6.07, 6.45) is 1.78. The van der Waals surface area contributed by atoms with E-state index in [0.717, 1.165) is 0 Å². The van der Waals surface area contributed by atoms with Gasteiger partial charge in [0, 0.05) is 12.5 Å². The van der Waals surface area contributed by atoms with Crippen LogP contribution in [0.25, 0.3) is 0 Å². The summed E-state index contributed by atoms with van der Waals surface area (Å²) >= 11 is 0. The second kappa shape index (κ2) is 7.83. The Kier molecular flexibility index (Phi) is 7.08. The maximum atomic E-state index is 12.6. The quantitative estimate of drug-likeness (QED) is 0.309. The Morgan fingerprint density at radius 3 is 2.23 bits per heavy atom. The predicted octanol–water partition coefficient (Wildman–Crippen LogP) is 5.58. The molecule has 1 aliphatic rings. The van der Waals surface area contributed by atoms with Crippen molar-refractivity contribution in [1.82, 2.24) is 0 Å². The van der Waals surface area contributed by atoms with Crippen LogP contribution in [0.4, 0.5) is 13.2 Å². The standard InChI is InChI=1S/C17H31F3O4SSi/c1-12(10-11-23-26(6,7)16(3,4)5)14-9-8-13(2)15(14)24-25(21,22)17(18,19)20/h12,14H,8-11H2,1-7H3/t12-,14+/m0/s1. The molecule has 0 spiro atoms. The van der Waals surface area contributed by atoms with E-state index in [-0.39, 0.29) is 22.6 Å². The molecule has 2 atom stereocenters. The van der Waals surface area contributed by atoms with Crippen molar-refractivity contribution < 1.29 is 30.2 Å². The topological polar surface area (TPSA) is 52.6 Å². The second-order valence-corrected chi connectivity index (χ2v) is 15.0. The van der Waals surface area contributed by atoms with Crippen LogP contribution in [0, 0.1) is 11.8 Å². The summed E-state index contributed by atoms with van der Waals surface area (Å²) in [7, 11) is -7.52. The van der Waals surface area contributed by atoms with Gasteiger partial charge in [0.2, 0.25) is 0 Å². The molecule has 0 saturated carbocycles. The van der Waals surface area contributed by atoms with Crippen LogP contribution in [0.1, 0.15) is 53.9 Å². The number of alkyl halides is 3. The monoisotopic (exact) mass is 416 g/mol. The first-order chi connectivity index (χ1) is 11.5. The third-order valence-electron chi connectivity index (χ3n) is 5.60. The molecule has 1 aliphatic carbocycles.